The molecule has 2 N–H and O–H groups in total. The molecule has 6 nitrogen and oxygen atoms in total. The van der Waals surface area contributed by atoms with Crippen LogP contribution < -0.4 is 10.6 Å². The van der Waals surface area contributed by atoms with E-state index in [2.05, 4.69) is 20.8 Å². The number of nitrogens with one attached hydrogen (secondary N) is 2. The second-order valence-electron chi connectivity index (χ2n) is 4.13. The molecule has 0 atom stereocenters. The summed E-state index contributed by atoms with van der Waals surface area (Å²) in [5.74, 6) is -0.167. The fourth-order valence-corrected chi connectivity index (χ4v) is 1.90. The Morgan fingerprint density at radius 3 is 2.95 bits per heavy atom. The van der Waals surface area contributed by atoms with Crippen molar-refractivity contribution in [1.29, 1.82) is 0 Å². The van der Waals surface area contributed by atoms with E-state index >= 15 is 0 Å². The lowest BCUT2D eigenvalue weighted by atomic mass is 10.1. The minimum atomic E-state index is -0.461. The van der Waals surface area contributed by atoms with E-state index < -0.39 is 5.82 Å². The van der Waals surface area contributed by atoms with Gasteiger partial charge in [-0.25, -0.2) is 4.39 Å². The van der Waals surface area contributed by atoms with Gasteiger partial charge < -0.3 is 15.2 Å². The number of nitrogens with zero attached hydrogens (tertiary/aromatic N) is 3. The fraction of sp³-hybridized carbons (Fsp3) is 0.308. The van der Waals surface area contributed by atoms with Crippen LogP contribution >= 0.6 is 0 Å². The summed E-state index contributed by atoms with van der Waals surface area (Å²) >= 11 is 0. The lowest BCUT2D eigenvalue weighted by molar-refractivity contribution is 0.0950. The number of aromatic nitrogens is 3. The molecule has 20 heavy (non-hydrogen) atoms. The lowest BCUT2D eigenvalue weighted by Gasteiger charge is -2.10. The monoisotopic (exact) mass is 277 g/mol. The Kier molecular flexibility index (Phi) is 4.29. The van der Waals surface area contributed by atoms with Gasteiger partial charge in [-0.2, -0.15) is 0 Å². The summed E-state index contributed by atoms with van der Waals surface area (Å²) in [6, 6.07) is 4.37. The second-order valence-corrected chi connectivity index (χ2v) is 4.13. The summed E-state index contributed by atoms with van der Waals surface area (Å²) < 4.78 is 15.4. The van der Waals surface area contributed by atoms with Gasteiger partial charge in [-0.3, -0.25) is 4.79 Å². The number of hydrogen-bond acceptors (Lipinski definition) is 4. The molecule has 0 spiro atoms. The molecule has 2 rings (SSSR count). The molecular weight excluding hydrogens is 261 g/mol. The number of carbonyl (C=O) groups excluding carboxylic acids is 1. The first-order valence-electron chi connectivity index (χ1n) is 6.28. The van der Waals surface area contributed by atoms with Gasteiger partial charge in [-0.15, -0.1) is 10.2 Å². The number of benzene rings is 1. The highest BCUT2D eigenvalue weighted by molar-refractivity contribution is 5.99. The predicted molar refractivity (Wildman–Crippen MR) is 72.8 cm³/mol. The number of aryl methyl sites for hydroxylation is 1. The number of carbonyl (C=O) groups is 1. The third-order valence-electron chi connectivity index (χ3n) is 2.95. The predicted octanol–water partition coefficient (Wildman–Crippen LogP) is 1.41. The van der Waals surface area contributed by atoms with Crippen molar-refractivity contribution in [2.24, 2.45) is 0 Å². The van der Waals surface area contributed by atoms with Crippen molar-refractivity contribution in [3.8, 4) is 0 Å². The van der Waals surface area contributed by atoms with Crippen LogP contribution in [0.15, 0.2) is 24.5 Å². The molecule has 106 valence electrons. The lowest BCUT2D eigenvalue weighted by Crippen LogP contribution is -2.25. The largest absolute Gasteiger partial charge is 0.385 e. The standard InChI is InChI=1S/C13H16FN5O/c1-3-19-8-17-18-11(19)7-16-13(20)9-5-4-6-10(14)12(9)15-2/h4-6,8,15H,3,7H2,1-2H3,(H,16,20). The van der Waals surface area contributed by atoms with Gasteiger partial charge in [-0.05, 0) is 19.1 Å². The maximum absolute atomic E-state index is 13.6. The zero-order valence-corrected chi connectivity index (χ0v) is 11.4. The summed E-state index contributed by atoms with van der Waals surface area (Å²) in [7, 11) is 1.57. The third-order valence-corrected chi connectivity index (χ3v) is 2.95. The average Bonchev–Trinajstić information content (AvgIpc) is 2.91. The minimum Gasteiger partial charge on any atom is -0.385 e. The molecule has 0 bridgehead atoms. The molecule has 0 saturated carbocycles. The molecule has 0 aliphatic heterocycles. The molecule has 0 radical (unpaired) electrons. The SMILES string of the molecule is CCn1cnnc1CNC(=O)c1cccc(F)c1NC. The van der Waals surface area contributed by atoms with Gasteiger partial charge in [0.1, 0.15) is 12.1 Å². The molecule has 0 fully saturated rings. The number of rotatable bonds is 5. The van der Waals surface area contributed by atoms with Crippen LogP contribution in [0.4, 0.5) is 10.1 Å². The van der Waals surface area contributed by atoms with E-state index in [4.69, 9.17) is 0 Å². The Hall–Kier alpha value is -2.44. The number of halogens is 1. The highest BCUT2D eigenvalue weighted by atomic mass is 19.1. The third kappa shape index (κ3) is 2.76. The van der Waals surface area contributed by atoms with Crippen LogP contribution in [0.5, 0.6) is 0 Å². The van der Waals surface area contributed by atoms with Crippen LogP contribution in [0.1, 0.15) is 23.1 Å². The van der Waals surface area contributed by atoms with Crippen LogP contribution in [-0.4, -0.2) is 27.7 Å². The molecule has 1 amide bonds. The Morgan fingerprint density at radius 2 is 2.25 bits per heavy atom. The summed E-state index contributed by atoms with van der Waals surface area (Å²) in [6.07, 6.45) is 1.60. The minimum absolute atomic E-state index is 0.182. The van der Waals surface area contributed by atoms with Crippen molar-refractivity contribution in [3.63, 3.8) is 0 Å². The van der Waals surface area contributed by atoms with Gasteiger partial charge in [0.25, 0.3) is 5.91 Å². The van der Waals surface area contributed by atoms with Gasteiger partial charge in [0, 0.05) is 13.6 Å². The van der Waals surface area contributed by atoms with Crippen LogP contribution in [0.25, 0.3) is 0 Å². The molecule has 1 aromatic carbocycles. The maximum atomic E-state index is 13.6. The first kappa shape index (κ1) is 14.0. The summed E-state index contributed by atoms with van der Waals surface area (Å²) in [5, 5.41) is 13.1. The molecule has 0 unspecified atom stereocenters. The molecule has 0 saturated heterocycles. The van der Waals surface area contributed by atoms with Crippen LogP contribution in [0.3, 0.4) is 0 Å². The van der Waals surface area contributed by atoms with E-state index in [9.17, 15) is 9.18 Å². The van der Waals surface area contributed by atoms with E-state index in [-0.39, 0.29) is 23.7 Å². The van der Waals surface area contributed by atoms with Gasteiger partial charge in [0.2, 0.25) is 0 Å². The average molecular weight is 277 g/mol. The van der Waals surface area contributed by atoms with Crippen molar-refractivity contribution >= 4 is 11.6 Å². The Balaban J connectivity index is 2.11. The first-order chi connectivity index (χ1) is 9.67. The van der Waals surface area contributed by atoms with Gasteiger partial charge >= 0.3 is 0 Å². The van der Waals surface area contributed by atoms with Gasteiger partial charge in [0.15, 0.2) is 5.82 Å². The Labute approximate surface area is 116 Å². The Morgan fingerprint density at radius 1 is 1.45 bits per heavy atom. The number of amides is 1. The summed E-state index contributed by atoms with van der Waals surface area (Å²) in [4.78, 5) is 12.1. The molecule has 0 aliphatic carbocycles. The number of anilines is 1. The van der Waals surface area contributed by atoms with Gasteiger partial charge in [-0.1, -0.05) is 6.07 Å². The van der Waals surface area contributed by atoms with Crippen molar-refractivity contribution < 1.29 is 9.18 Å². The van der Waals surface area contributed by atoms with E-state index in [0.717, 1.165) is 6.54 Å². The van der Waals surface area contributed by atoms with Crippen molar-refractivity contribution in [1.82, 2.24) is 20.1 Å². The van der Waals surface area contributed by atoms with E-state index in [1.165, 1.54) is 12.1 Å². The molecule has 1 heterocycles. The number of hydrogen-bond donors (Lipinski definition) is 2. The maximum Gasteiger partial charge on any atom is 0.253 e. The zero-order chi connectivity index (χ0) is 14.5. The van der Waals surface area contributed by atoms with Crippen LogP contribution in [0.2, 0.25) is 0 Å². The molecule has 2 aromatic rings. The molecule has 0 aliphatic rings. The molecular formula is C13H16FN5O. The van der Waals surface area contributed by atoms with Crippen LogP contribution in [-0.2, 0) is 13.1 Å². The zero-order valence-electron chi connectivity index (χ0n) is 11.4. The van der Waals surface area contributed by atoms with E-state index in [0.29, 0.717) is 5.82 Å². The fourth-order valence-electron chi connectivity index (χ4n) is 1.90. The smallest absolute Gasteiger partial charge is 0.253 e. The summed E-state index contributed by atoms with van der Waals surface area (Å²) in [5.41, 5.74) is 0.442. The van der Waals surface area contributed by atoms with Gasteiger partial charge in [0.05, 0.1) is 17.8 Å². The molecule has 1 aromatic heterocycles. The second kappa shape index (κ2) is 6.14. The normalized spacial score (nSPS) is 10.3. The topological polar surface area (TPSA) is 71.8 Å². The van der Waals surface area contributed by atoms with E-state index in [1.54, 1.807) is 19.4 Å². The number of para-hydroxylation sites is 1. The van der Waals surface area contributed by atoms with Crippen molar-refractivity contribution in [2.45, 2.75) is 20.0 Å². The van der Waals surface area contributed by atoms with Crippen molar-refractivity contribution in [3.05, 3.63) is 41.7 Å². The summed E-state index contributed by atoms with van der Waals surface area (Å²) in [6.45, 7) is 2.92. The van der Waals surface area contributed by atoms with E-state index in [1.807, 2.05) is 11.5 Å². The quantitative estimate of drug-likeness (QED) is 0.866. The molecule has 7 heteroatoms. The van der Waals surface area contributed by atoms with Crippen molar-refractivity contribution in [2.75, 3.05) is 12.4 Å². The Bertz CT molecular complexity index is 611. The first-order valence-corrected chi connectivity index (χ1v) is 6.28. The van der Waals surface area contributed by atoms with Crippen LogP contribution in [0, 0.1) is 5.82 Å². The highest BCUT2D eigenvalue weighted by Gasteiger charge is 2.14. The highest BCUT2D eigenvalue weighted by Crippen LogP contribution is 2.19.